The van der Waals surface area contributed by atoms with E-state index in [0.29, 0.717) is 19.6 Å². The Bertz CT molecular complexity index is 1060. The Labute approximate surface area is 189 Å². The molecule has 0 saturated heterocycles. The molecule has 32 heavy (non-hydrogen) atoms. The maximum atomic E-state index is 12.1. The van der Waals surface area contributed by atoms with Crippen LogP contribution in [-0.4, -0.2) is 35.3 Å². The second kappa shape index (κ2) is 10.5. The number of benzene rings is 1. The lowest BCUT2D eigenvalue weighted by atomic mass is 10.1. The summed E-state index contributed by atoms with van der Waals surface area (Å²) in [5.74, 6) is 0.714. The van der Waals surface area contributed by atoms with Crippen molar-refractivity contribution in [2.24, 2.45) is 0 Å². The van der Waals surface area contributed by atoms with Crippen LogP contribution >= 0.6 is 0 Å². The van der Waals surface area contributed by atoms with E-state index < -0.39 is 0 Å². The van der Waals surface area contributed by atoms with Crippen LogP contribution in [0.4, 0.5) is 5.69 Å². The van der Waals surface area contributed by atoms with Gasteiger partial charge in [0.05, 0.1) is 31.0 Å². The van der Waals surface area contributed by atoms with Crippen LogP contribution in [0.1, 0.15) is 57.0 Å². The smallest absolute Gasteiger partial charge is 0.307 e. The highest BCUT2D eigenvalue weighted by molar-refractivity contribution is 5.82. The van der Waals surface area contributed by atoms with Gasteiger partial charge in [-0.25, -0.2) is 0 Å². The van der Waals surface area contributed by atoms with Gasteiger partial charge in [-0.05, 0) is 62.6 Å². The molecular formula is C26H33N3O3. The Morgan fingerprint density at radius 3 is 2.97 bits per heavy atom. The van der Waals surface area contributed by atoms with Crippen molar-refractivity contribution in [3.63, 3.8) is 0 Å². The largest absolute Gasteiger partial charge is 0.493 e. The van der Waals surface area contributed by atoms with Crippen LogP contribution in [0.2, 0.25) is 0 Å². The number of nitrogens with zero attached hydrogens (tertiary/aromatic N) is 2. The lowest BCUT2D eigenvalue weighted by molar-refractivity contribution is -0.144. The van der Waals surface area contributed by atoms with Crippen LogP contribution < -0.4 is 10.1 Å². The van der Waals surface area contributed by atoms with E-state index in [9.17, 15) is 4.79 Å². The van der Waals surface area contributed by atoms with Crippen molar-refractivity contribution in [3.05, 3.63) is 54.0 Å². The molecule has 1 unspecified atom stereocenters. The summed E-state index contributed by atoms with van der Waals surface area (Å²) in [5, 5.41) is 4.52. The summed E-state index contributed by atoms with van der Waals surface area (Å²) in [6.45, 7) is 6.03. The van der Waals surface area contributed by atoms with E-state index in [0.717, 1.165) is 61.0 Å². The van der Waals surface area contributed by atoms with E-state index >= 15 is 0 Å². The number of nitrogens with one attached hydrogen (secondary N) is 1. The van der Waals surface area contributed by atoms with Crippen LogP contribution in [0.3, 0.4) is 0 Å². The molecule has 6 heteroatoms. The van der Waals surface area contributed by atoms with E-state index in [-0.39, 0.29) is 12.0 Å². The molecule has 170 valence electrons. The summed E-state index contributed by atoms with van der Waals surface area (Å²) >= 11 is 0. The molecule has 3 heterocycles. The first-order valence-electron chi connectivity index (χ1n) is 11.8. The Balaban J connectivity index is 1.40. The normalized spacial score (nSPS) is 13.9. The van der Waals surface area contributed by atoms with Crippen LogP contribution in [0.15, 0.2) is 42.6 Å². The van der Waals surface area contributed by atoms with Gasteiger partial charge in [-0.1, -0.05) is 13.3 Å². The fourth-order valence-electron chi connectivity index (χ4n) is 4.43. The molecule has 1 N–H and O–H groups in total. The molecule has 1 aliphatic heterocycles. The van der Waals surface area contributed by atoms with Gasteiger partial charge < -0.3 is 19.4 Å². The number of ether oxygens (including phenoxy) is 2. The van der Waals surface area contributed by atoms with Gasteiger partial charge in [0.1, 0.15) is 5.75 Å². The molecular weight excluding hydrogens is 402 g/mol. The Hall–Kier alpha value is -3.02. The molecule has 1 aromatic carbocycles. The van der Waals surface area contributed by atoms with Gasteiger partial charge in [-0.15, -0.1) is 0 Å². The molecule has 4 rings (SSSR count). The van der Waals surface area contributed by atoms with Crippen LogP contribution in [0, 0.1) is 0 Å². The van der Waals surface area contributed by atoms with E-state index in [1.165, 1.54) is 11.4 Å². The standard InChI is InChI=1S/C26H33N3O3/c1-3-6-21(18-26(30)31-4-2)29-15-12-19-17-22(9-11-25(19)29)32-16-13-20-8-10-23-24(28-20)7-5-14-27-23/h8-12,15,17,21,27H,3-7,13-14,16,18H2,1-2H3. The molecule has 6 nitrogen and oxygen atoms in total. The summed E-state index contributed by atoms with van der Waals surface area (Å²) in [6.07, 6.45) is 7.37. The number of carbonyl (C=O) groups is 1. The van der Waals surface area contributed by atoms with Gasteiger partial charge in [0.15, 0.2) is 0 Å². The highest BCUT2D eigenvalue weighted by Crippen LogP contribution is 2.29. The number of anilines is 1. The monoisotopic (exact) mass is 435 g/mol. The van der Waals surface area contributed by atoms with Crippen LogP contribution in [0.25, 0.3) is 10.9 Å². The van der Waals surface area contributed by atoms with Gasteiger partial charge in [0.25, 0.3) is 0 Å². The van der Waals surface area contributed by atoms with Crippen molar-refractivity contribution in [1.29, 1.82) is 0 Å². The molecule has 1 atom stereocenters. The first-order valence-corrected chi connectivity index (χ1v) is 11.8. The minimum atomic E-state index is -0.140. The third kappa shape index (κ3) is 5.23. The summed E-state index contributed by atoms with van der Waals surface area (Å²) in [7, 11) is 0. The molecule has 0 amide bonds. The third-order valence-electron chi connectivity index (χ3n) is 5.98. The number of carbonyl (C=O) groups excluding carboxylic acids is 1. The zero-order valence-corrected chi connectivity index (χ0v) is 19.1. The maximum Gasteiger partial charge on any atom is 0.307 e. The van der Waals surface area contributed by atoms with E-state index in [2.05, 4.69) is 53.3 Å². The molecule has 0 fully saturated rings. The Morgan fingerprint density at radius 1 is 1.22 bits per heavy atom. The van der Waals surface area contributed by atoms with E-state index in [4.69, 9.17) is 14.5 Å². The van der Waals surface area contributed by atoms with Gasteiger partial charge in [0.2, 0.25) is 0 Å². The van der Waals surface area contributed by atoms with E-state index in [1.54, 1.807) is 0 Å². The fourth-order valence-corrected chi connectivity index (χ4v) is 4.43. The zero-order chi connectivity index (χ0) is 22.3. The van der Waals surface area contributed by atoms with Gasteiger partial charge in [-0.2, -0.15) is 0 Å². The molecule has 0 spiro atoms. The number of fused-ring (bicyclic) bond motifs is 2. The summed E-state index contributed by atoms with van der Waals surface area (Å²) in [4.78, 5) is 16.9. The number of aromatic nitrogens is 2. The van der Waals surface area contributed by atoms with Crippen LogP contribution in [0.5, 0.6) is 5.75 Å². The SMILES string of the molecule is CCCC(CC(=O)OCC)n1ccc2cc(OCCc3ccc4c(n3)CCCN4)ccc21. The molecule has 0 saturated carbocycles. The number of pyridine rings is 1. The molecule has 1 aliphatic rings. The van der Waals surface area contributed by atoms with Gasteiger partial charge >= 0.3 is 5.97 Å². The van der Waals surface area contributed by atoms with Gasteiger partial charge in [0, 0.05) is 41.8 Å². The first-order chi connectivity index (χ1) is 15.7. The van der Waals surface area contributed by atoms with E-state index in [1.807, 2.05) is 13.0 Å². The Kier molecular flexibility index (Phi) is 7.30. The minimum Gasteiger partial charge on any atom is -0.493 e. The maximum absolute atomic E-state index is 12.1. The number of hydrogen-bond acceptors (Lipinski definition) is 5. The summed E-state index contributed by atoms with van der Waals surface area (Å²) in [5.41, 5.74) is 4.52. The lowest BCUT2D eigenvalue weighted by Gasteiger charge is -2.19. The molecule has 2 aromatic heterocycles. The predicted molar refractivity (Wildman–Crippen MR) is 127 cm³/mol. The summed E-state index contributed by atoms with van der Waals surface area (Å²) in [6, 6.07) is 12.6. The molecule has 3 aromatic rings. The fraction of sp³-hybridized carbons (Fsp3) is 0.462. The average molecular weight is 436 g/mol. The number of rotatable bonds is 10. The van der Waals surface area contributed by atoms with Crippen molar-refractivity contribution < 1.29 is 14.3 Å². The van der Waals surface area contributed by atoms with Crippen molar-refractivity contribution in [2.75, 3.05) is 25.1 Å². The van der Waals surface area contributed by atoms with Gasteiger partial charge in [-0.3, -0.25) is 9.78 Å². The highest BCUT2D eigenvalue weighted by atomic mass is 16.5. The average Bonchev–Trinajstić information content (AvgIpc) is 3.22. The molecule has 0 bridgehead atoms. The third-order valence-corrected chi connectivity index (χ3v) is 5.98. The number of hydrogen-bond donors (Lipinski definition) is 1. The van der Waals surface area contributed by atoms with Crippen molar-refractivity contribution in [1.82, 2.24) is 9.55 Å². The highest BCUT2D eigenvalue weighted by Gasteiger charge is 2.18. The Morgan fingerprint density at radius 2 is 2.12 bits per heavy atom. The number of aryl methyl sites for hydroxylation is 1. The lowest BCUT2D eigenvalue weighted by Crippen LogP contribution is -2.15. The predicted octanol–water partition coefficient (Wildman–Crippen LogP) is 5.31. The quantitative estimate of drug-likeness (QED) is 0.437. The van der Waals surface area contributed by atoms with Crippen LogP contribution in [-0.2, 0) is 22.4 Å². The minimum absolute atomic E-state index is 0.105. The van der Waals surface area contributed by atoms with Crippen molar-refractivity contribution in [3.8, 4) is 5.75 Å². The van der Waals surface area contributed by atoms with Crippen molar-refractivity contribution >= 4 is 22.6 Å². The molecule has 0 radical (unpaired) electrons. The topological polar surface area (TPSA) is 65.4 Å². The summed E-state index contributed by atoms with van der Waals surface area (Å²) < 4.78 is 13.4. The zero-order valence-electron chi connectivity index (χ0n) is 19.1. The first kappa shape index (κ1) is 22.2. The second-order valence-electron chi connectivity index (χ2n) is 8.32. The second-order valence-corrected chi connectivity index (χ2v) is 8.32. The molecule has 0 aliphatic carbocycles. The number of esters is 1. The van der Waals surface area contributed by atoms with Crippen molar-refractivity contribution in [2.45, 2.75) is 58.4 Å².